The summed E-state index contributed by atoms with van der Waals surface area (Å²) in [6, 6.07) is 2.85. The van der Waals surface area contributed by atoms with Gasteiger partial charge in [0, 0.05) is 12.1 Å². The summed E-state index contributed by atoms with van der Waals surface area (Å²) in [7, 11) is 0. The van der Waals surface area contributed by atoms with Crippen molar-refractivity contribution in [1.29, 1.82) is 0 Å². The fourth-order valence-electron chi connectivity index (χ4n) is 1.35. The Hall–Kier alpha value is -1.52. The van der Waals surface area contributed by atoms with Crippen molar-refractivity contribution >= 4 is 5.91 Å². The van der Waals surface area contributed by atoms with E-state index in [4.69, 9.17) is 0 Å². The molecule has 0 fully saturated rings. The summed E-state index contributed by atoms with van der Waals surface area (Å²) < 4.78 is 24.6. The van der Waals surface area contributed by atoms with Gasteiger partial charge in [-0.1, -0.05) is 6.92 Å². The molecule has 1 rings (SSSR count). The molecule has 1 heterocycles. The number of hydrogen-bond acceptors (Lipinski definition) is 2. The quantitative estimate of drug-likeness (QED) is 0.613. The SMILES string of the molecule is CCC(Cc1ccnc(F)c1)C(=O)NF. The van der Waals surface area contributed by atoms with Crippen LogP contribution in [0.25, 0.3) is 0 Å². The van der Waals surface area contributed by atoms with Crippen LogP contribution in [0.4, 0.5) is 8.87 Å². The van der Waals surface area contributed by atoms with E-state index < -0.39 is 17.8 Å². The van der Waals surface area contributed by atoms with E-state index in [0.717, 1.165) is 5.54 Å². The predicted octanol–water partition coefficient (Wildman–Crippen LogP) is 1.79. The molecular weight excluding hydrogens is 202 g/mol. The van der Waals surface area contributed by atoms with Crippen LogP contribution >= 0.6 is 0 Å². The number of nitrogens with one attached hydrogen (secondary N) is 1. The number of carbonyl (C=O) groups is 1. The smallest absolute Gasteiger partial charge is 0.251 e. The number of aromatic nitrogens is 1. The van der Waals surface area contributed by atoms with Gasteiger partial charge in [0.2, 0.25) is 5.95 Å². The van der Waals surface area contributed by atoms with Crippen LogP contribution in [0.15, 0.2) is 18.3 Å². The van der Waals surface area contributed by atoms with Gasteiger partial charge in [-0.25, -0.2) is 4.98 Å². The number of pyridine rings is 1. The van der Waals surface area contributed by atoms with E-state index in [9.17, 15) is 13.7 Å². The molecule has 1 N–H and O–H groups in total. The van der Waals surface area contributed by atoms with Gasteiger partial charge in [0.15, 0.2) is 0 Å². The number of carbonyl (C=O) groups excluding carboxylic acids is 1. The lowest BCUT2D eigenvalue weighted by Gasteiger charge is -2.11. The largest absolute Gasteiger partial charge is 0.272 e. The van der Waals surface area contributed by atoms with E-state index in [1.807, 2.05) is 0 Å². The summed E-state index contributed by atoms with van der Waals surface area (Å²) >= 11 is 0. The molecule has 5 heteroatoms. The van der Waals surface area contributed by atoms with E-state index >= 15 is 0 Å². The molecule has 0 saturated carbocycles. The first-order valence-electron chi connectivity index (χ1n) is 4.68. The molecule has 0 radical (unpaired) electrons. The topological polar surface area (TPSA) is 42.0 Å². The zero-order chi connectivity index (χ0) is 11.3. The highest BCUT2D eigenvalue weighted by molar-refractivity contribution is 5.77. The van der Waals surface area contributed by atoms with E-state index in [1.54, 1.807) is 13.0 Å². The molecule has 1 amide bonds. The Morgan fingerprint density at radius 2 is 2.40 bits per heavy atom. The van der Waals surface area contributed by atoms with Gasteiger partial charge in [-0.2, -0.15) is 9.93 Å². The van der Waals surface area contributed by atoms with E-state index in [0.29, 0.717) is 18.4 Å². The normalized spacial score (nSPS) is 12.2. The summed E-state index contributed by atoms with van der Waals surface area (Å²) in [6.07, 6.45) is 2.14. The van der Waals surface area contributed by atoms with Crippen LogP contribution in [0.1, 0.15) is 18.9 Å². The van der Waals surface area contributed by atoms with Gasteiger partial charge < -0.3 is 0 Å². The first kappa shape index (κ1) is 11.6. The van der Waals surface area contributed by atoms with Crippen molar-refractivity contribution in [2.45, 2.75) is 19.8 Å². The summed E-state index contributed by atoms with van der Waals surface area (Å²) in [6.45, 7) is 1.78. The predicted molar refractivity (Wildman–Crippen MR) is 50.9 cm³/mol. The fourth-order valence-corrected chi connectivity index (χ4v) is 1.35. The number of nitrogens with zero attached hydrogens (tertiary/aromatic N) is 1. The lowest BCUT2D eigenvalue weighted by molar-refractivity contribution is -0.129. The summed E-state index contributed by atoms with van der Waals surface area (Å²) in [5.41, 5.74) is 1.74. The summed E-state index contributed by atoms with van der Waals surface area (Å²) in [4.78, 5) is 14.4. The van der Waals surface area contributed by atoms with Crippen LogP contribution in [0.3, 0.4) is 0 Å². The molecule has 0 saturated heterocycles. The maximum Gasteiger partial charge on any atom is 0.251 e. The second-order valence-corrected chi connectivity index (χ2v) is 3.25. The average Bonchev–Trinajstić information content (AvgIpc) is 2.25. The fraction of sp³-hybridized carbons (Fsp3) is 0.400. The van der Waals surface area contributed by atoms with Crippen LogP contribution in [0.5, 0.6) is 0 Å². The first-order valence-corrected chi connectivity index (χ1v) is 4.68. The van der Waals surface area contributed by atoms with Gasteiger partial charge in [-0.15, -0.1) is 4.48 Å². The van der Waals surface area contributed by atoms with Crippen molar-refractivity contribution in [2.24, 2.45) is 5.92 Å². The van der Waals surface area contributed by atoms with Gasteiger partial charge in [0.05, 0.1) is 0 Å². The Morgan fingerprint density at radius 3 is 2.93 bits per heavy atom. The molecule has 82 valence electrons. The van der Waals surface area contributed by atoms with Gasteiger partial charge in [0.25, 0.3) is 5.91 Å². The van der Waals surface area contributed by atoms with Gasteiger partial charge in [-0.3, -0.25) is 4.79 Å². The van der Waals surface area contributed by atoms with Crippen molar-refractivity contribution in [3.8, 4) is 0 Å². The summed E-state index contributed by atoms with van der Waals surface area (Å²) in [5, 5.41) is 0. The maximum absolute atomic E-state index is 12.7. The minimum Gasteiger partial charge on any atom is -0.272 e. The van der Waals surface area contributed by atoms with E-state index in [2.05, 4.69) is 4.98 Å². The van der Waals surface area contributed by atoms with E-state index in [-0.39, 0.29) is 0 Å². The average molecular weight is 214 g/mol. The molecule has 3 nitrogen and oxygen atoms in total. The Kier molecular flexibility index (Phi) is 4.15. The maximum atomic E-state index is 12.7. The first-order chi connectivity index (χ1) is 7.17. The van der Waals surface area contributed by atoms with Gasteiger partial charge in [0.1, 0.15) is 0 Å². The van der Waals surface area contributed by atoms with Crippen molar-refractivity contribution < 1.29 is 13.7 Å². The highest BCUT2D eigenvalue weighted by Crippen LogP contribution is 2.12. The van der Waals surface area contributed by atoms with Crippen molar-refractivity contribution in [1.82, 2.24) is 10.5 Å². The third-order valence-electron chi connectivity index (χ3n) is 2.23. The molecule has 0 aliphatic carbocycles. The Labute approximate surface area is 86.5 Å². The minimum absolute atomic E-state index is 0.311. The monoisotopic (exact) mass is 214 g/mol. The molecule has 1 aromatic heterocycles. The lowest BCUT2D eigenvalue weighted by Crippen LogP contribution is -2.25. The van der Waals surface area contributed by atoms with Crippen LogP contribution in [-0.4, -0.2) is 10.9 Å². The molecule has 0 aromatic carbocycles. The Morgan fingerprint density at radius 1 is 1.67 bits per heavy atom. The third kappa shape index (κ3) is 3.27. The molecule has 0 bridgehead atoms. The minimum atomic E-state index is -0.672. The van der Waals surface area contributed by atoms with Gasteiger partial charge >= 0.3 is 0 Å². The van der Waals surface area contributed by atoms with Crippen LogP contribution < -0.4 is 5.54 Å². The highest BCUT2D eigenvalue weighted by Gasteiger charge is 2.16. The number of halogens is 2. The van der Waals surface area contributed by atoms with Crippen LogP contribution in [0.2, 0.25) is 0 Å². The zero-order valence-corrected chi connectivity index (χ0v) is 8.34. The highest BCUT2D eigenvalue weighted by atomic mass is 19.2. The molecular formula is C10H12F2N2O. The number of hydrogen-bond donors (Lipinski definition) is 1. The Bertz CT molecular complexity index is 344. The van der Waals surface area contributed by atoms with Crippen molar-refractivity contribution in [3.05, 3.63) is 29.8 Å². The number of amides is 1. The van der Waals surface area contributed by atoms with Crippen molar-refractivity contribution in [2.75, 3.05) is 0 Å². The zero-order valence-electron chi connectivity index (χ0n) is 8.34. The second kappa shape index (κ2) is 5.38. The molecule has 1 aromatic rings. The molecule has 0 aliphatic heterocycles. The van der Waals surface area contributed by atoms with Gasteiger partial charge in [-0.05, 0) is 30.5 Å². The Balaban J connectivity index is 2.70. The second-order valence-electron chi connectivity index (χ2n) is 3.25. The molecule has 0 spiro atoms. The molecule has 0 aliphatic rings. The molecule has 1 unspecified atom stereocenters. The third-order valence-corrected chi connectivity index (χ3v) is 2.23. The lowest BCUT2D eigenvalue weighted by atomic mass is 9.97. The van der Waals surface area contributed by atoms with E-state index in [1.165, 1.54) is 12.3 Å². The van der Waals surface area contributed by atoms with Crippen LogP contribution in [0, 0.1) is 11.9 Å². The number of rotatable bonds is 4. The summed E-state index contributed by atoms with van der Waals surface area (Å²) in [5.74, 6) is -1.74. The molecule has 15 heavy (non-hydrogen) atoms. The standard InChI is InChI=1S/C10H12F2N2O/c1-2-8(10(15)14-12)5-7-3-4-13-9(11)6-7/h3-4,6,8H,2,5H2,1H3,(H,14,15). The van der Waals surface area contributed by atoms with Crippen molar-refractivity contribution in [3.63, 3.8) is 0 Å². The van der Waals surface area contributed by atoms with Crippen LogP contribution in [-0.2, 0) is 11.2 Å². The molecule has 1 atom stereocenters.